The van der Waals surface area contributed by atoms with Crippen molar-refractivity contribution in [1.82, 2.24) is 14.8 Å². The molecule has 0 radical (unpaired) electrons. The van der Waals surface area contributed by atoms with Crippen LogP contribution in [0.2, 0.25) is 0 Å². The van der Waals surface area contributed by atoms with Gasteiger partial charge in [-0.15, -0.1) is 0 Å². The van der Waals surface area contributed by atoms with E-state index in [1.807, 2.05) is 0 Å². The third-order valence-electron chi connectivity index (χ3n) is 4.70. The minimum absolute atomic E-state index is 0.702. The fourth-order valence-electron chi connectivity index (χ4n) is 3.47. The molecule has 1 fully saturated rings. The summed E-state index contributed by atoms with van der Waals surface area (Å²) in [5.41, 5.74) is 4.29. The van der Waals surface area contributed by atoms with E-state index in [0.29, 0.717) is 6.04 Å². The number of hydrogen-bond donors (Lipinski definition) is 1. The van der Waals surface area contributed by atoms with Crippen LogP contribution in [0.3, 0.4) is 0 Å². The first-order chi connectivity index (χ1) is 9.65. The Hall–Kier alpha value is -0.800. The van der Waals surface area contributed by atoms with Crippen LogP contribution in [0.1, 0.15) is 50.1 Å². The molecule has 2 heterocycles. The zero-order valence-electron chi connectivity index (χ0n) is 13.7. The number of nitrogens with one attached hydrogen (secondary N) is 1. The van der Waals surface area contributed by atoms with Gasteiger partial charge >= 0.3 is 0 Å². The molecule has 1 N–H and O–H groups in total. The molecule has 0 spiro atoms. The molecule has 1 aliphatic rings. The lowest BCUT2D eigenvalue weighted by Crippen LogP contribution is -2.42. The Morgan fingerprint density at radius 3 is 2.45 bits per heavy atom. The SMILES string of the molecule is CCCN1CCC(NCc2cc(C)n(CC)c2C)CC1. The Labute approximate surface area is 124 Å². The molecule has 0 aromatic carbocycles. The number of hydrogen-bond acceptors (Lipinski definition) is 2. The molecular formula is C17H31N3. The fraction of sp³-hybridized carbons (Fsp3) is 0.765. The predicted molar refractivity (Wildman–Crippen MR) is 86.2 cm³/mol. The summed E-state index contributed by atoms with van der Waals surface area (Å²) in [6.45, 7) is 14.9. The number of rotatable bonds is 6. The highest BCUT2D eigenvalue weighted by Gasteiger charge is 2.18. The number of aromatic nitrogens is 1. The van der Waals surface area contributed by atoms with Crippen molar-refractivity contribution in [3.63, 3.8) is 0 Å². The standard InChI is InChI=1S/C17H31N3/c1-5-9-19-10-7-17(8-11-19)18-13-16-12-14(3)20(6-2)15(16)4/h12,17-18H,5-11,13H2,1-4H3. The number of nitrogens with zero attached hydrogens (tertiary/aromatic N) is 2. The predicted octanol–water partition coefficient (Wildman–Crippen LogP) is 3.09. The molecule has 2 rings (SSSR count). The van der Waals surface area contributed by atoms with Crippen molar-refractivity contribution in [2.24, 2.45) is 0 Å². The van der Waals surface area contributed by atoms with E-state index in [1.54, 1.807) is 0 Å². The Kier molecular flexibility index (Phi) is 5.67. The van der Waals surface area contributed by atoms with E-state index in [2.05, 4.69) is 48.5 Å². The van der Waals surface area contributed by atoms with Gasteiger partial charge in [0, 0.05) is 30.5 Å². The normalized spacial score (nSPS) is 17.8. The molecule has 114 valence electrons. The molecule has 1 aromatic rings. The summed E-state index contributed by atoms with van der Waals surface area (Å²) in [6, 6.07) is 3.05. The van der Waals surface area contributed by atoms with Gasteiger partial charge in [0.15, 0.2) is 0 Å². The van der Waals surface area contributed by atoms with Crippen molar-refractivity contribution in [3.8, 4) is 0 Å². The van der Waals surface area contributed by atoms with Crippen molar-refractivity contribution < 1.29 is 0 Å². The van der Waals surface area contributed by atoms with Crippen LogP contribution in [0, 0.1) is 13.8 Å². The second-order valence-electron chi connectivity index (χ2n) is 6.14. The molecular weight excluding hydrogens is 246 g/mol. The molecule has 0 unspecified atom stereocenters. The number of likely N-dealkylation sites (tertiary alicyclic amines) is 1. The lowest BCUT2D eigenvalue weighted by Gasteiger charge is -2.32. The molecule has 0 aliphatic carbocycles. The van der Waals surface area contributed by atoms with Gasteiger partial charge in [0.05, 0.1) is 0 Å². The van der Waals surface area contributed by atoms with E-state index in [4.69, 9.17) is 0 Å². The first kappa shape index (κ1) is 15.6. The third-order valence-corrected chi connectivity index (χ3v) is 4.70. The maximum Gasteiger partial charge on any atom is 0.0225 e. The van der Waals surface area contributed by atoms with E-state index in [1.165, 1.54) is 55.8 Å². The lowest BCUT2D eigenvalue weighted by atomic mass is 10.0. The second-order valence-corrected chi connectivity index (χ2v) is 6.14. The van der Waals surface area contributed by atoms with Gasteiger partial charge in [-0.25, -0.2) is 0 Å². The Balaban J connectivity index is 1.82. The van der Waals surface area contributed by atoms with E-state index in [-0.39, 0.29) is 0 Å². The Bertz CT molecular complexity index is 414. The summed E-state index contributed by atoms with van der Waals surface area (Å²) in [7, 11) is 0. The quantitative estimate of drug-likeness (QED) is 0.862. The van der Waals surface area contributed by atoms with E-state index in [9.17, 15) is 0 Å². The highest BCUT2D eigenvalue weighted by molar-refractivity contribution is 5.26. The van der Waals surface area contributed by atoms with Crippen molar-refractivity contribution in [1.29, 1.82) is 0 Å². The fourth-order valence-corrected chi connectivity index (χ4v) is 3.47. The van der Waals surface area contributed by atoms with Gasteiger partial charge in [0.25, 0.3) is 0 Å². The van der Waals surface area contributed by atoms with Crippen molar-refractivity contribution >= 4 is 0 Å². The zero-order chi connectivity index (χ0) is 14.5. The minimum Gasteiger partial charge on any atom is -0.349 e. The van der Waals surface area contributed by atoms with Crippen LogP contribution in [0.25, 0.3) is 0 Å². The molecule has 1 aromatic heterocycles. The summed E-state index contributed by atoms with van der Waals surface area (Å²) >= 11 is 0. The molecule has 20 heavy (non-hydrogen) atoms. The van der Waals surface area contributed by atoms with Gasteiger partial charge < -0.3 is 14.8 Å². The van der Waals surface area contributed by atoms with Crippen molar-refractivity contribution in [3.05, 3.63) is 23.0 Å². The van der Waals surface area contributed by atoms with E-state index >= 15 is 0 Å². The molecule has 3 nitrogen and oxygen atoms in total. The van der Waals surface area contributed by atoms with Gasteiger partial charge in [-0.05, 0) is 71.3 Å². The van der Waals surface area contributed by atoms with Crippen LogP contribution in [-0.4, -0.2) is 35.1 Å². The Morgan fingerprint density at radius 1 is 1.20 bits per heavy atom. The van der Waals surface area contributed by atoms with Crippen LogP contribution in [0.4, 0.5) is 0 Å². The van der Waals surface area contributed by atoms with Crippen LogP contribution < -0.4 is 5.32 Å². The highest BCUT2D eigenvalue weighted by atomic mass is 15.1. The molecule has 0 saturated carbocycles. The smallest absolute Gasteiger partial charge is 0.0225 e. The Morgan fingerprint density at radius 2 is 1.90 bits per heavy atom. The van der Waals surface area contributed by atoms with E-state index in [0.717, 1.165) is 13.1 Å². The van der Waals surface area contributed by atoms with Crippen LogP contribution in [-0.2, 0) is 13.1 Å². The second kappa shape index (κ2) is 7.28. The van der Waals surface area contributed by atoms with E-state index < -0.39 is 0 Å². The van der Waals surface area contributed by atoms with Crippen molar-refractivity contribution in [2.75, 3.05) is 19.6 Å². The van der Waals surface area contributed by atoms with Gasteiger partial charge in [0.2, 0.25) is 0 Å². The number of aryl methyl sites for hydroxylation is 1. The highest BCUT2D eigenvalue weighted by Crippen LogP contribution is 2.16. The molecule has 1 aliphatic heterocycles. The maximum atomic E-state index is 3.77. The molecule has 0 amide bonds. The van der Waals surface area contributed by atoms with Gasteiger partial charge in [-0.2, -0.15) is 0 Å². The first-order valence-electron chi connectivity index (χ1n) is 8.27. The zero-order valence-corrected chi connectivity index (χ0v) is 13.7. The third kappa shape index (κ3) is 3.64. The summed E-state index contributed by atoms with van der Waals surface area (Å²) in [4.78, 5) is 2.60. The van der Waals surface area contributed by atoms with Gasteiger partial charge in [0.1, 0.15) is 0 Å². The average Bonchev–Trinajstić information content (AvgIpc) is 2.72. The summed E-state index contributed by atoms with van der Waals surface area (Å²) in [6.07, 6.45) is 3.88. The van der Waals surface area contributed by atoms with Crippen LogP contribution in [0.15, 0.2) is 6.07 Å². The topological polar surface area (TPSA) is 20.2 Å². The van der Waals surface area contributed by atoms with Crippen molar-refractivity contribution in [2.45, 2.75) is 66.1 Å². The van der Waals surface area contributed by atoms with Gasteiger partial charge in [-0.1, -0.05) is 6.92 Å². The summed E-state index contributed by atoms with van der Waals surface area (Å²) in [5, 5.41) is 3.77. The van der Waals surface area contributed by atoms with Gasteiger partial charge in [-0.3, -0.25) is 0 Å². The molecule has 0 bridgehead atoms. The summed E-state index contributed by atoms with van der Waals surface area (Å²) in [5.74, 6) is 0. The van der Waals surface area contributed by atoms with Crippen LogP contribution >= 0.6 is 0 Å². The molecule has 1 saturated heterocycles. The largest absolute Gasteiger partial charge is 0.349 e. The monoisotopic (exact) mass is 277 g/mol. The lowest BCUT2D eigenvalue weighted by molar-refractivity contribution is 0.197. The molecule has 0 atom stereocenters. The average molecular weight is 277 g/mol. The minimum atomic E-state index is 0.702. The summed E-state index contributed by atoms with van der Waals surface area (Å²) < 4.78 is 2.40. The number of piperidine rings is 1. The molecule has 3 heteroatoms. The van der Waals surface area contributed by atoms with Crippen LogP contribution in [0.5, 0.6) is 0 Å². The first-order valence-corrected chi connectivity index (χ1v) is 8.27. The maximum absolute atomic E-state index is 3.77.